The summed E-state index contributed by atoms with van der Waals surface area (Å²) in [5.41, 5.74) is 6.68. The van der Waals surface area contributed by atoms with Crippen LogP contribution >= 0.6 is 0 Å². The van der Waals surface area contributed by atoms with Crippen LogP contribution in [0.25, 0.3) is 16.6 Å². The van der Waals surface area contributed by atoms with Crippen molar-refractivity contribution in [2.24, 2.45) is 0 Å². The number of hydrogen-bond donors (Lipinski definition) is 0. The molecule has 0 spiro atoms. The van der Waals surface area contributed by atoms with E-state index >= 15 is 0 Å². The zero-order valence-electron chi connectivity index (χ0n) is 14.9. The second kappa shape index (κ2) is 5.53. The summed E-state index contributed by atoms with van der Waals surface area (Å²) in [6, 6.07) is 15.8. The van der Waals surface area contributed by atoms with E-state index < -0.39 is 0 Å². The molecule has 1 saturated heterocycles. The molecule has 0 radical (unpaired) electrons. The predicted molar refractivity (Wildman–Crippen MR) is 105 cm³/mol. The van der Waals surface area contributed by atoms with Gasteiger partial charge in [-0.1, -0.05) is 12.1 Å². The molecule has 0 atom stereocenters. The zero-order valence-corrected chi connectivity index (χ0v) is 14.9. The van der Waals surface area contributed by atoms with Crippen LogP contribution in [-0.4, -0.2) is 49.7 Å². The molecule has 5 rings (SSSR count). The van der Waals surface area contributed by atoms with Gasteiger partial charge >= 0.3 is 0 Å². The molecule has 25 heavy (non-hydrogen) atoms. The average molecular weight is 332 g/mol. The number of benzene rings is 2. The highest BCUT2D eigenvalue weighted by molar-refractivity contribution is 5.94. The van der Waals surface area contributed by atoms with E-state index in [0.29, 0.717) is 0 Å². The minimum Gasteiger partial charge on any atom is -0.369 e. The summed E-state index contributed by atoms with van der Waals surface area (Å²) in [5, 5.41) is 1.31. The summed E-state index contributed by atoms with van der Waals surface area (Å²) in [4.78, 5) is 7.29. The van der Waals surface area contributed by atoms with Gasteiger partial charge in [0, 0.05) is 57.0 Å². The molecule has 0 unspecified atom stereocenters. The van der Waals surface area contributed by atoms with Crippen molar-refractivity contribution in [3.8, 4) is 5.69 Å². The highest BCUT2D eigenvalue weighted by atomic mass is 15.2. The van der Waals surface area contributed by atoms with Crippen molar-refractivity contribution in [2.75, 3.05) is 50.1 Å². The molecule has 4 heteroatoms. The van der Waals surface area contributed by atoms with Gasteiger partial charge in [-0.25, -0.2) is 0 Å². The number of aromatic nitrogens is 1. The van der Waals surface area contributed by atoms with Gasteiger partial charge < -0.3 is 19.3 Å². The Bertz CT molecular complexity index is 934. The van der Waals surface area contributed by atoms with Crippen molar-refractivity contribution < 1.29 is 0 Å². The van der Waals surface area contributed by atoms with Gasteiger partial charge in [0.25, 0.3) is 0 Å². The lowest BCUT2D eigenvalue weighted by atomic mass is 10.1. The summed E-state index contributed by atoms with van der Waals surface area (Å²) >= 11 is 0. The molecule has 1 aromatic heterocycles. The molecule has 0 saturated carbocycles. The molecule has 0 N–H and O–H groups in total. The lowest BCUT2D eigenvalue weighted by Gasteiger charge is -2.34. The Morgan fingerprint density at radius 2 is 1.68 bits per heavy atom. The molecule has 2 aliphatic rings. The Morgan fingerprint density at radius 3 is 2.52 bits per heavy atom. The minimum atomic E-state index is 0.942. The molecule has 0 aliphatic carbocycles. The molecule has 4 nitrogen and oxygen atoms in total. The number of hydrogen-bond acceptors (Lipinski definition) is 3. The van der Waals surface area contributed by atoms with Crippen LogP contribution in [0.3, 0.4) is 0 Å². The molecule has 2 aromatic carbocycles. The van der Waals surface area contributed by atoms with Crippen LogP contribution in [0.5, 0.6) is 0 Å². The zero-order chi connectivity index (χ0) is 17.0. The van der Waals surface area contributed by atoms with E-state index in [1.807, 2.05) is 0 Å². The van der Waals surface area contributed by atoms with Crippen LogP contribution in [0, 0.1) is 0 Å². The summed E-state index contributed by atoms with van der Waals surface area (Å²) in [5.74, 6) is 0. The van der Waals surface area contributed by atoms with Gasteiger partial charge in [0.15, 0.2) is 0 Å². The maximum atomic E-state index is 2.52. The SMILES string of the molecule is CN1CCN(c2ccc3c(c2)CN(C)c2cccc4ccn-3c24)CC1. The van der Waals surface area contributed by atoms with Crippen molar-refractivity contribution in [3.05, 3.63) is 54.2 Å². The van der Waals surface area contributed by atoms with Crippen molar-refractivity contribution in [3.63, 3.8) is 0 Å². The van der Waals surface area contributed by atoms with Crippen LogP contribution in [0.15, 0.2) is 48.7 Å². The maximum Gasteiger partial charge on any atom is 0.0763 e. The van der Waals surface area contributed by atoms with Gasteiger partial charge in [0.2, 0.25) is 0 Å². The van der Waals surface area contributed by atoms with E-state index in [4.69, 9.17) is 0 Å². The molecule has 3 heterocycles. The third-order valence-corrected chi connectivity index (χ3v) is 5.70. The summed E-state index contributed by atoms with van der Waals surface area (Å²) in [6.45, 7) is 5.44. The van der Waals surface area contributed by atoms with Gasteiger partial charge in [-0.3, -0.25) is 0 Å². The second-order valence-corrected chi connectivity index (χ2v) is 7.36. The van der Waals surface area contributed by atoms with Crippen molar-refractivity contribution in [1.29, 1.82) is 0 Å². The molecule has 2 aliphatic heterocycles. The second-order valence-electron chi connectivity index (χ2n) is 7.36. The van der Waals surface area contributed by atoms with Crippen LogP contribution in [0.4, 0.5) is 11.4 Å². The third kappa shape index (κ3) is 2.32. The summed E-state index contributed by atoms with van der Waals surface area (Å²) in [6.07, 6.45) is 2.21. The number of nitrogens with zero attached hydrogens (tertiary/aromatic N) is 4. The molecule has 0 bridgehead atoms. The highest BCUT2D eigenvalue weighted by Crippen LogP contribution is 2.36. The summed E-state index contributed by atoms with van der Waals surface area (Å²) in [7, 11) is 4.40. The Hall–Kier alpha value is -2.46. The third-order valence-electron chi connectivity index (χ3n) is 5.70. The van der Waals surface area contributed by atoms with Gasteiger partial charge in [-0.2, -0.15) is 0 Å². The van der Waals surface area contributed by atoms with Crippen LogP contribution in [0.2, 0.25) is 0 Å². The quantitative estimate of drug-likeness (QED) is 0.679. The number of rotatable bonds is 1. The Balaban J connectivity index is 1.61. The molecule has 0 amide bonds. The van der Waals surface area contributed by atoms with E-state index in [9.17, 15) is 0 Å². The molecule has 3 aromatic rings. The Labute approximate surface area is 148 Å². The maximum absolute atomic E-state index is 2.52. The smallest absolute Gasteiger partial charge is 0.0763 e. The van der Waals surface area contributed by atoms with Gasteiger partial charge in [-0.15, -0.1) is 0 Å². The molecular formula is C21H24N4. The first-order chi connectivity index (χ1) is 12.2. The molecule has 1 fully saturated rings. The highest BCUT2D eigenvalue weighted by Gasteiger charge is 2.21. The number of fused-ring (bicyclic) bond motifs is 2. The monoisotopic (exact) mass is 332 g/mol. The fourth-order valence-corrected chi connectivity index (χ4v) is 4.22. The lowest BCUT2D eigenvalue weighted by molar-refractivity contribution is 0.313. The van der Waals surface area contributed by atoms with Gasteiger partial charge in [-0.05, 0) is 42.9 Å². The Morgan fingerprint density at radius 1 is 0.840 bits per heavy atom. The average Bonchev–Trinajstić information content (AvgIpc) is 3.01. The van der Waals surface area contributed by atoms with Crippen molar-refractivity contribution >= 4 is 22.3 Å². The lowest BCUT2D eigenvalue weighted by Crippen LogP contribution is -2.44. The first-order valence-electron chi connectivity index (χ1n) is 9.09. The number of anilines is 2. The molecule has 128 valence electrons. The van der Waals surface area contributed by atoms with Crippen molar-refractivity contribution in [2.45, 2.75) is 6.54 Å². The number of para-hydroxylation sites is 1. The number of likely N-dealkylation sites (N-methyl/N-ethyl adjacent to an activating group) is 1. The normalized spacial score (nSPS) is 17.7. The molecular weight excluding hydrogens is 308 g/mol. The largest absolute Gasteiger partial charge is 0.369 e. The van der Waals surface area contributed by atoms with Crippen LogP contribution in [-0.2, 0) is 6.54 Å². The first-order valence-corrected chi connectivity index (χ1v) is 9.09. The van der Waals surface area contributed by atoms with E-state index in [1.165, 1.54) is 33.5 Å². The first kappa shape index (κ1) is 14.8. The van der Waals surface area contributed by atoms with E-state index in [0.717, 1.165) is 32.7 Å². The standard InChI is InChI=1S/C21H24N4/c1-22-10-12-24(13-11-22)18-6-7-19-17(14-18)15-23(2)20-5-3-4-16-8-9-25(19)21(16)20/h3-9,14H,10-13,15H2,1-2H3. The topological polar surface area (TPSA) is 14.7 Å². The fourth-order valence-electron chi connectivity index (χ4n) is 4.22. The van der Waals surface area contributed by atoms with Crippen molar-refractivity contribution in [1.82, 2.24) is 9.47 Å². The summed E-state index contributed by atoms with van der Waals surface area (Å²) < 4.78 is 2.36. The predicted octanol–water partition coefficient (Wildman–Crippen LogP) is 3.33. The minimum absolute atomic E-state index is 0.942. The van der Waals surface area contributed by atoms with Gasteiger partial charge in [0.1, 0.15) is 0 Å². The van der Waals surface area contributed by atoms with Gasteiger partial charge in [0.05, 0.1) is 16.9 Å². The fraction of sp³-hybridized carbons (Fsp3) is 0.333. The van der Waals surface area contributed by atoms with E-state index in [1.54, 1.807) is 0 Å². The van der Waals surface area contributed by atoms with E-state index in [2.05, 4.69) is 82.0 Å². The Kier molecular flexibility index (Phi) is 3.28. The van der Waals surface area contributed by atoms with E-state index in [-0.39, 0.29) is 0 Å². The van der Waals surface area contributed by atoms with Crippen LogP contribution in [0.1, 0.15) is 5.56 Å². The number of piperazine rings is 1. The van der Waals surface area contributed by atoms with Crippen LogP contribution < -0.4 is 9.80 Å².